The molecule has 0 spiro atoms. The van der Waals surface area contributed by atoms with Crippen LogP contribution in [0.2, 0.25) is 0 Å². The van der Waals surface area contributed by atoms with Crippen LogP contribution in [0, 0.1) is 17.6 Å². The van der Waals surface area contributed by atoms with Gasteiger partial charge in [-0.05, 0) is 37.1 Å². The monoisotopic (exact) mass is 457 g/mol. The van der Waals surface area contributed by atoms with E-state index in [2.05, 4.69) is 5.32 Å². The summed E-state index contributed by atoms with van der Waals surface area (Å²) in [5, 5.41) is 2.87. The molecule has 9 heteroatoms. The second-order valence-electron chi connectivity index (χ2n) is 8.13. The Morgan fingerprint density at radius 3 is 2.18 bits per heavy atom. The molecule has 2 aromatic rings. The smallest absolute Gasteiger partial charge is 0.256 e. The van der Waals surface area contributed by atoms with E-state index in [1.807, 2.05) is 0 Å². The predicted molar refractivity (Wildman–Crippen MR) is 117 cm³/mol. The zero-order chi connectivity index (χ0) is 23.4. The van der Waals surface area contributed by atoms with E-state index >= 15 is 0 Å². The van der Waals surface area contributed by atoms with Crippen molar-refractivity contribution in [3.8, 4) is 0 Å². The first kappa shape index (κ1) is 22.8. The third-order valence-electron chi connectivity index (χ3n) is 6.03. The van der Waals surface area contributed by atoms with Crippen LogP contribution in [-0.2, 0) is 9.53 Å². The minimum Gasteiger partial charge on any atom is -0.378 e. The normalized spacial score (nSPS) is 17.0. The molecule has 0 unspecified atom stereocenters. The number of carbonyl (C=O) groups is 3. The number of morpholine rings is 1. The number of benzene rings is 2. The van der Waals surface area contributed by atoms with Gasteiger partial charge < -0.3 is 19.9 Å². The van der Waals surface area contributed by atoms with Crippen LogP contribution in [0.25, 0.3) is 0 Å². The van der Waals surface area contributed by atoms with E-state index < -0.39 is 17.5 Å². The predicted octanol–water partition coefficient (Wildman–Crippen LogP) is 2.93. The molecule has 2 heterocycles. The maximum atomic E-state index is 14.0. The number of halogens is 2. The summed E-state index contributed by atoms with van der Waals surface area (Å²) in [6.07, 6.45) is 0.805. The highest BCUT2D eigenvalue weighted by Gasteiger charge is 2.30. The lowest BCUT2D eigenvalue weighted by Gasteiger charge is -2.32. The van der Waals surface area contributed by atoms with Crippen LogP contribution in [0.1, 0.15) is 33.6 Å². The van der Waals surface area contributed by atoms with Gasteiger partial charge in [0.05, 0.1) is 30.0 Å². The number of nitrogens with zero attached hydrogens (tertiary/aromatic N) is 2. The number of carbonyl (C=O) groups excluding carboxylic acids is 3. The zero-order valence-electron chi connectivity index (χ0n) is 18.1. The molecule has 174 valence electrons. The maximum Gasteiger partial charge on any atom is 0.256 e. The van der Waals surface area contributed by atoms with E-state index in [9.17, 15) is 23.2 Å². The molecule has 0 saturated carbocycles. The second-order valence-corrected chi connectivity index (χ2v) is 8.13. The molecule has 4 rings (SSSR count). The number of rotatable bonds is 4. The van der Waals surface area contributed by atoms with Crippen LogP contribution < -0.4 is 5.32 Å². The van der Waals surface area contributed by atoms with E-state index in [1.165, 1.54) is 4.90 Å². The number of piperidine rings is 1. The molecule has 1 N–H and O–H groups in total. The Labute approximate surface area is 190 Å². The van der Waals surface area contributed by atoms with Crippen molar-refractivity contribution in [3.63, 3.8) is 0 Å². The van der Waals surface area contributed by atoms with Crippen LogP contribution in [-0.4, -0.2) is 66.9 Å². The molecule has 2 aliphatic heterocycles. The summed E-state index contributed by atoms with van der Waals surface area (Å²) in [7, 11) is 0. The molecular formula is C24H25F2N3O4. The minimum absolute atomic E-state index is 0.157. The molecule has 33 heavy (non-hydrogen) atoms. The van der Waals surface area contributed by atoms with Crippen LogP contribution in [0.5, 0.6) is 0 Å². The number of hydrogen-bond acceptors (Lipinski definition) is 4. The summed E-state index contributed by atoms with van der Waals surface area (Å²) < 4.78 is 32.4. The number of nitrogens with one attached hydrogen (secondary N) is 1. The molecule has 2 aromatic carbocycles. The van der Waals surface area contributed by atoms with Gasteiger partial charge in [-0.1, -0.05) is 12.1 Å². The van der Waals surface area contributed by atoms with E-state index in [4.69, 9.17) is 4.74 Å². The number of hydrogen-bond donors (Lipinski definition) is 1. The number of anilines is 1. The number of likely N-dealkylation sites (tertiary alicyclic amines) is 1. The molecule has 2 saturated heterocycles. The highest BCUT2D eigenvalue weighted by atomic mass is 19.1. The molecule has 0 aromatic heterocycles. The second kappa shape index (κ2) is 10.1. The number of amides is 3. The number of para-hydroxylation sites is 1. The molecule has 0 radical (unpaired) electrons. The average molecular weight is 457 g/mol. The van der Waals surface area contributed by atoms with Gasteiger partial charge in [0.2, 0.25) is 5.91 Å². The van der Waals surface area contributed by atoms with Gasteiger partial charge in [0.1, 0.15) is 11.6 Å². The topological polar surface area (TPSA) is 79.0 Å². The van der Waals surface area contributed by atoms with Gasteiger partial charge in [-0.3, -0.25) is 14.4 Å². The van der Waals surface area contributed by atoms with Crippen molar-refractivity contribution in [2.75, 3.05) is 44.7 Å². The van der Waals surface area contributed by atoms with Gasteiger partial charge >= 0.3 is 0 Å². The van der Waals surface area contributed by atoms with Crippen molar-refractivity contribution in [3.05, 3.63) is 65.2 Å². The SMILES string of the molecule is O=C(Nc1ccccc1C(=O)N1CCOCC1)C1CCN(C(=O)c2ccc(F)cc2F)CC1. The molecule has 0 atom stereocenters. The van der Waals surface area contributed by atoms with Crippen molar-refractivity contribution in [2.24, 2.45) is 5.92 Å². The molecular weight excluding hydrogens is 432 g/mol. The summed E-state index contributed by atoms with van der Waals surface area (Å²) in [4.78, 5) is 41.5. The lowest BCUT2D eigenvalue weighted by atomic mass is 9.95. The Balaban J connectivity index is 1.37. The van der Waals surface area contributed by atoms with Gasteiger partial charge in [-0.15, -0.1) is 0 Å². The van der Waals surface area contributed by atoms with E-state index in [-0.39, 0.29) is 36.4 Å². The third-order valence-corrected chi connectivity index (χ3v) is 6.03. The Morgan fingerprint density at radius 1 is 0.848 bits per heavy atom. The fourth-order valence-electron chi connectivity index (χ4n) is 4.13. The standard InChI is InChI=1S/C24H25F2N3O4/c25-17-5-6-18(20(26)15-17)23(31)28-9-7-16(8-10-28)22(30)27-21-4-2-1-3-19(21)24(32)29-11-13-33-14-12-29/h1-6,15-16H,7-14H2,(H,27,30). The van der Waals surface area contributed by atoms with Gasteiger partial charge in [0.15, 0.2) is 0 Å². The lowest BCUT2D eigenvalue weighted by molar-refractivity contribution is -0.121. The highest BCUT2D eigenvalue weighted by molar-refractivity contribution is 6.04. The van der Waals surface area contributed by atoms with Crippen molar-refractivity contribution in [1.82, 2.24) is 9.80 Å². The molecule has 2 aliphatic rings. The quantitative estimate of drug-likeness (QED) is 0.766. The Kier molecular flexibility index (Phi) is 6.98. The van der Waals surface area contributed by atoms with Crippen molar-refractivity contribution >= 4 is 23.4 Å². The Hall–Kier alpha value is -3.33. The highest BCUT2D eigenvalue weighted by Crippen LogP contribution is 2.24. The minimum atomic E-state index is -0.901. The van der Waals surface area contributed by atoms with Crippen LogP contribution in [0.4, 0.5) is 14.5 Å². The lowest BCUT2D eigenvalue weighted by Crippen LogP contribution is -2.42. The van der Waals surface area contributed by atoms with Crippen LogP contribution in [0.15, 0.2) is 42.5 Å². The molecule has 0 aliphatic carbocycles. The van der Waals surface area contributed by atoms with Crippen LogP contribution in [0.3, 0.4) is 0 Å². The number of ether oxygens (including phenoxy) is 1. The molecule has 3 amide bonds. The van der Waals surface area contributed by atoms with Crippen molar-refractivity contribution in [1.29, 1.82) is 0 Å². The Bertz CT molecular complexity index is 1050. The largest absolute Gasteiger partial charge is 0.378 e. The third kappa shape index (κ3) is 5.19. The van der Waals surface area contributed by atoms with Crippen molar-refractivity contribution < 1.29 is 27.9 Å². The summed E-state index contributed by atoms with van der Waals surface area (Å²) in [6, 6.07) is 9.75. The molecule has 7 nitrogen and oxygen atoms in total. The molecule has 2 fully saturated rings. The van der Waals surface area contributed by atoms with E-state index in [0.29, 0.717) is 56.5 Å². The first-order valence-corrected chi connectivity index (χ1v) is 11.0. The van der Waals surface area contributed by atoms with Gasteiger partial charge in [0, 0.05) is 38.2 Å². The maximum absolute atomic E-state index is 14.0. The summed E-state index contributed by atoms with van der Waals surface area (Å²) in [5.41, 5.74) is 0.688. The van der Waals surface area contributed by atoms with Gasteiger partial charge in [-0.2, -0.15) is 0 Å². The molecule has 0 bridgehead atoms. The van der Waals surface area contributed by atoms with Gasteiger partial charge in [0.25, 0.3) is 11.8 Å². The van der Waals surface area contributed by atoms with E-state index in [0.717, 1.165) is 12.1 Å². The summed E-state index contributed by atoms with van der Waals surface area (Å²) >= 11 is 0. The fraction of sp³-hybridized carbons (Fsp3) is 0.375. The fourth-order valence-corrected chi connectivity index (χ4v) is 4.13. The van der Waals surface area contributed by atoms with Crippen LogP contribution >= 0.6 is 0 Å². The zero-order valence-corrected chi connectivity index (χ0v) is 18.1. The van der Waals surface area contributed by atoms with Crippen molar-refractivity contribution in [2.45, 2.75) is 12.8 Å². The van der Waals surface area contributed by atoms with Gasteiger partial charge in [-0.25, -0.2) is 8.78 Å². The average Bonchev–Trinajstić information content (AvgIpc) is 2.84. The Morgan fingerprint density at radius 2 is 1.48 bits per heavy atom. The summed E-state index contributed by atoms with van der Waals surface area (Å²) in [6.45, 7) is 2.54. The van der Waals surface area contributed by atoms with E-state index in [1.54, 1.807) is 29.2 Å². The first-order valence-electron chi connectivity index (χ1n) is 11.0. The first-order chi connectivity index (χ1) is 15.9. The summed E-state index contributed by atoms with van der Waals surface area (Å²) in [5.74, 6) is -2.90.